The van der Waals surface area contributed by atoms with Crippen molar-refractivity contribution in [2.75, 3.05) is 0 Å². The summed E-state index contributed by atoms with van der Waals surface area (Å²) >= 11 is 0. The molecular formula is C8H5N5O4. The molecule has 0 fully saturated rings. The van der Waals surface area contributed by atoms with E-state index in [0.29, 0.717) is 5.69 Å². The molecule has 0 amide bonds. The number of benzene rings is 1. The highest BCUT2D eigenvalue weighted by molar-refractivity contribution is 5.82. The van der Waals surface area contributed by atoms with Crippen LogP contribution >= 0.6 is 0 Å². The average Bonchev–Trinajstić information content (AvgIpc) is 2.78. The van der Waals surface area contributed by atoms with Crippen molar-refractivity contribution in [1.29, 1.82) is 0 Å². The van der Waals surface area contributed by atoms with Gasteiger partial charge in [0.05, 0.1) is 10.6 Å². The molecule has 1 aromatic heterocycles. The smallest absolute Gasteiger partial charge is 0.377 e. The van der Waals surface area contributed by atoms with Crippen LogP contribution in [0.25, 0.3) is 5.69 Å². The molecule has 0 aliphatic rings. The molecule has 9 heteroatoms. The lowest BCUT2D eigenvalue weighted by Gasteiger charge is -1.96. The lowest BCUT2D eigenvalue weighted by Crippen LogP contribution is -2.02. The monoisotopic (exact) mass is 235 g/mol. The number of nitrogens with zero attached hydrogens (tertiary/aromatic N) is 5. The Morgan fingerprint density at radius 1 is 1.35 bits per heavy atom. The van der Waals surface area contributed by atoms with Crippen LogP contribution in [0.15, 0.2) is 24.3 Å². The van der Waals surface area contributed by atoms with Gasteiger partial charge in [0.1, 0.15) is 0 Å². The summed E-state index contributed by atoms with van der Waals surface area (Å²) in [4.78, 5) is 21.4. The van der Waals surface area contributed by atoms with Gasteiger partial charge in [-0.25, -0.2) is 4.79 Å². The predicted molar refractivity (Wildman–Crippen MR) is 52.8 cm³/mol. The summed E-state index contributed by atoms with van der Waals surface area (Å²) in [6, 6.07) is 5.31. The first-order chi connectivity index (χ1) is 8.08. The van der Waals surface area contributed by atoms with Crippen molar-refractivity contribution in [3.63, 3.8) is 0 Å². The Kier molecular flexibility index (Phi) is 2.49. The van der Waals surface area contributed by atoms with Gasteiger partial charge in [-0.3, -0.25) is 10.1 Å². The molecular weight excluding hydrogens is 230 g/mol. The summed E-state index contributed by atoms with van der Waals surface area (Å²) in [5.74, 6) is -1.73. The minimum Gasteiger partial charge on any atom is -0.475 e. The number of hydrogen-bond acceptors (Lipinski definition) is 6. The first-order valence-electron chi connectivity index (χ1n) is 4.36. The van der Waals surface area contributed by atoms with Crippen LogP contribution in [-0.4, -0.2) is 36.2 Å². The number of carboxylic acid groups (broad SMARTS) is 1. The fourth-order valence-corrected chi connectivity index (χ4v) is 1.12. The van der Waals surface area contributed by atoms with E-state index in [4.69, 9.17) is 5.11 Å². The standard InChI is InChI=1S/C8H5N5O4/c14-8(15)7-9-11-12(10-7)5-1-3-6(4-2-5)13(16)17/h1-4H,(H,14,15). The van der Waals surface area contributed by atoms with Crippen LogP contribution in [0.1, 0.15) is 10.6 Å². The van der Waals surface area contributed by atoms with E-state index in [9.17, 15) is 14.9 Å². The Morgan fingerprint density at radius 2 is 2.00 bits per heavy atom. The summed E-state index contributed by atoms with van der Waals surface area (Å²) in [6.07, 6.45) is 0. The number of aromatic carboxylic acids is 1. The summed E-state index contributed by atoms with van der Waals surface area (Å²) < 4.78 is 0. The Balaban J connectivity index is 2.33. The number of rotatable bonds is 3. The molecule has 2 aromatic rings. The third-order valence-corrected chi connectivity index (χ3v) is 1.90. The van der Waals surface area contributed by atoms with Crippen molar-refractivity contribution < 1.29 is 14.8 Å². The number of carbonyl (C=O) groups is 1. The second-order valence-corrected chi connectivity index (χ2v) is 2.98. The quantitative estimate of drug-likeness (QED) is 0.597. The third kappa shape index (κ3) is 2.07. The molecule has 0 unspecified atom stereocenters. The second-order valence-electron chi connectivity index (χ2n) is 2.98. The highest BCUT2D eigenvalue weighted by Gasteiger charge is 2.12. The van der Waals surface area contributed by atoms with Crippen molar-refractivity contribution >= 4 is 11.7 Å². The van der Waals surface area contributed by atoms with Gasteiger partial charge >= 0.3 is 5.97 Å². The van der Waals surface area contributed by atoms with Crippen LogP contribution < -0.4 is 0 Å². The molecule has 0 atom stereocenters. The van der Waals surface area contributed by atoms with E-state index in [0.717, 1.165) is 4.80 Å². The van der Waals surface area contributed by atoms with E-state index in [1.54, 1.807) is 0 Å². The molecule has 0 bridgehead atoms. The van der Waals surface area contributed by atoms with E-state index in [-0.39, 0.29) is 5.69 Å². The maximum Gasteiger partial charge on any atom is 0.377 e. The first kappa shape index (κ1) is 10.7. The van der Waals surface area contributed by atoms with E-state index in [1.807, 2.05) is 0 Å². The topological polar surface area (TPSA) is 124 Å². The van der Waals surface area contributed by atoms with E-state index in [1.165, 1.54) is 24.3 Å². The molecule has 0 aliphatic carbocycles. The molecule has 0 spiro atoms. The highest BCUT2D eigenvalue weighted by Crippen LogP contribution is 2.13. The molecule has 0 radical (unpaired) electrons. The molecule has 1 aromatic carbocycles. The molecule has 0 aliphatic heterocycles. The van der Waals surface area contributed by atoms with Gasteiger partial charge in [-0.15, -0.1) is 15.0 Å². The van der Waals surface area contributed by atoms with Crippen LogP contribution in [0, 0.1) is 10.1 Å². The van der Waals surface area contributed by atoms with Crippen LogP contribution in [0.5, 0.6) is 0 Å². The van der Waals surface area contributed by atoms with Gasteiger partial charge < -0.3 is 5.11 Å². The summed E-state index contributed by atoms with van der Waals surface area (Å²) in [5, 5.41) is 29.4. The van der Waals surface area contributed by atoms with Gasteiger partial charge in [0.25, 0.3) is 11.5 Å². The minimum atomic E-state index is -1.29. The zero-order valence-corrected chi connectivity index (χ0v) is 8.22. The lowest BCUT2D eigenvalue weighted by atomic mass is 10.3. The molecule has 2 rings (SSSR count). The molecule has 9 nitrogen and oxygen atoms in total. The normalized spacial score (nSPS) is 10.1. The van der Waals surface area contributed by atoms with Gasteiger partial charge in [-0.1, -0.05) is 0 Å². The molecule has 0 saturated carbocycles. The number of hydrogen-bond donors (Lipinski definition) is 1. The zero-order chi connectivity index (χ0) is 12.4. The van der Waals surface area contributed by atoms with Gasteiger partial charge in [0.15, 0.2) is 0 Å². The van der Waals surface area contributed by atoms with E-state index in [2.05, 4.69) is 15.4 Å². The second kappa shape index (κ2) is 3.96. The van der Waals surface area contributed by atoms with Crippen molar-refractivity contribution in [3.8, 4) is 5.69 Å². The number of non-ortho nitro benzene ring substituents is 1. The Morgan fingerprint density at radius 3 is 2.47 bits per heavy atom. The SMILES string of the molecule is O=C(O)c1nnn(-c2ccc([N+](=O)[O-])cc2)n1. The number of nitro benzene ring substituents is 1. The Bertz CT molecular complexity index is 576. The van der Waals surface area contributed by atoms with Crippen molar-refractivity contribution in [2.45, 2.75) is 0 Å². The van der Waals surface area contributed by atoms with Gasteiger partial charge in [0.2, 0.25) is 0 Å². The van der Waals surface area contributed by atoms with Crippen molar-refractivity contribution in [1.82, 2.24) is 20.2 Å². The minimum absolute atomic E-state index is 0.0766. The fourth-order valence-electron chi connectivity index (χ4n) is 1.12. The van der Waals surface area contributed by atoms with Crippen molar-refractivity contribution in [3.05, 3.63) is 40.2 Å². The molecule has 86 valence electrons. The fraction of sp³-hybridized carbons (Fsp3) is 0. The largest absolute Gasteiger partial charge is 0.475 e. The van der Waals surface area contributed by atoms with E-state index >= 15 is 0 Å². The van der Waals surface area contributed by atoms with Crippen LogP contribution in [-0.2, 0) is 0 Å². The number of tetrazole rings is 1. The Hall–Kier alpha value is -2.84. The summed E-state index contributed by atoms with van der Waals surface area (Å²) in [5.41, 5.74) is 0.308. The van der Waals surface area contributed by atoms with Crippen molar-refractivity contribution in [2.24, 2.45) is 0 Å². The highest BCUT2D eigenvalue weighted by atomic mass is 16.6. The molecule has 0 saturated heterocycles. The summed E-state index contributed by atoms with van der Waals surface area (Å²) in [7, 11) is 0. The summed E-state index contributed by atoms with van der Waals surface area (Å²) in [6.45, 7) is 0. The molecule has 1 heterocycles. The third-order valence-electron chi connectivity index (χ3n) is 1.90. The number of carboxylic acids is 1. The average molecular weight is 235 g/mol. The van der Waals surface area contributed by atoms with Crippen LogP contribution in [0.4, 0.5) is 5.69 Å². The predicted octanol–water partition coefficient (Wildman–Crippen LogP) is 0.269. The van der Waals surface area contributed by atoms with Gasteiger partial charge in [-0.2, -0.15) is 0 Å². The van der Waals surface area contributed by atoms with Gasteiger partial charge in [0, 0.05) is 12.1 Å². The zero-order valence-electron chi connectivity index (χ0n) is 8.22. The number of aromatic nitrogens is 4. The maximum absolute atomic E-state index is 10.5. The van der Waals surface area contributed by atoms with Crippen LogP contribution in [0.2, 0.25) is 0 Å². The Labute approximate surface area is 93.4 Å². The maximum atomic E-state index is 10.5. The first-order valence-corrected chi connectivity index (χ1v) is 4.36. The molecule has 1 N–H and O–H groups in total. The van der Waals surface area contributed by atoms with Crippen LogP contribution in [0.3, 0.4) is 0 Å². The number of nitro groups is 1. The van der Waals surface area contributed by atoms with Gasteiger partial charge in [-0.05, 0) is 17.3 Å². The molecule has 17 heavy (non-hydrogen) atoms. The lowest BCUT2D eigenvalue weighted by molar-refractivity contribution is -0.384. The van der Waals surface area contributed by atoms with E-state index < -0.39 is 16.7 Å².